The van der Waals surface area contributed by atoms with E-state index in [0.717, 1.165) is 25.1 Å². The third kappa shape index (κ3) is 2.76. The first-order chi connectivity index (χ1) is 7.65. The van der Waals surface area contributed by atoms with Gasteiger partial charge in [0, 0.05) is 18.1 Å². The second-order valence-electron chi connectivity index (χ2n) is 4.54. The predicted octanol–water partition coefficient (Wildman–Crippen LogP) is 2.75. The van der Waals surface area contributed by atoms with Crippen molar-refractivity contribution in [3.63, 3.8) is 0 Å². The number of rotatable bonds is 2. The number of benzene rings is 1. The Bertz CT molecular complexity index is 374. The molecule has 0 aromatic heterocycles. The Morgan fingerprint density at radius 3 is 2.69 bits per heavy atom. The average Bonchev–Trinajstić information content (AvgIpc) is 2.68. The molecule has 1 saturated heterocycles. The van der Waals surface area contributed by atoms with Gasteiger partial charge in [-0.05, 0) is 30.0 Å². The van der Waals surface area contributed by atoms with Gasteiger partial charge in [0.1, 0.15) is 0 Å². The van der Waals surface area contributed by atoms with Crippen LogP contribution in [-0.2, 0) is 11.2 Å². The summed E-state index contributed by atoms with van der Waals surface area (Å²) in [5, 5.41) is 0.714. The number of halogens is 1. The predicted molar refractivity (Wildman–Crippen MR) is 65.5 cm³/mol. The number of carbonyl (C=O) groups is 1. The van der Waals surface area contributed by atoms with Crippen molar-refractivity contribution in [1.82, 2.24) is 4.90 Å². The van der Waals surface area contributed by atoms with Gasteiger partial charge >= 0.3 is 0 Å². The highest BCUT2D eigenvalue weighted by atomic mass is 35.5. The molecule has 1 atom stereocenters. The molecule has 0 aliphatic carbocycles. The van der Waals surface area contributed by atoms with Gasteiger partial charge in [0.2, 0.25) is 5.91 Å². The molecule has 1 aliphatic heterocycles. The van der Waals surface area contributed by atoms with Crippen molar-refractivity contribution >= 4 is 17.5 Å². The summed E-state index contributed by atoms with van der Waals surface area (Å²) < 4.78 is 0. The topological polar surface area (TPSA) is 20.3 Å². The molecule has 1 fully saturated rings. The monoisotopic (exact) mass is 237 g/mol. The van der Waals surface area contributed by atoms with E-state index in [1.165, 1.54) is 0 Å². The molecule has 0 N–H and O–H groups in total. The summed E-state index contributed by atoms with van der Waals surface area (Å²) in [4.78, 5) is 13.9. The Hall–Kier alpha value is -1.02. The molecule has 0 bridgehead atoms. The normalized spacial score (nSPS) is 20.1. The molecule has 0 saturated carbocycles. The van der Waals surface area contributed by atoms with Gasteiger partial charge in [0.15, 0.2) is 0 Å². The third-order valence-corrected chi connectivity index (χ3v) is 3.30. The van der Waals surface area contributed by atoms with Crippen LogP contribution in [0.25, 0.3) is 0 Å². The van der Waals surface area contributed by atoms with E-state index in [4.69, 9.17) is 11.6 Å². The fraction of sp³-hybridized carbons (Fsp3) is 0.462. The van der Waals surface area contributed by atoms with Crippen molar-refractivity contribution in [2.45, 2.75) is 19.8 Å². The number of amides is 1. The quantitative estimate of drug-likeness (QED) is 0.775. The highest BCUT2D eigenvalue weighted by molar-refractivity contribution is 6.30. The van der Waals surface area contributed by atoms with Gasteiger partial charge in [-0.25, -0.2) is 0 Å². The van der Waals surface area contributed by atoms with Crippen LogP contribution in [0, 0.1) is 5.92 Å². The maximum Gasteiger partial charge on any atom is 0.226 e. The van der Waals surface area contributed by atoms with E-state index in [1.54, 1.807) is 0 Å². The molecule has 16 heavy (non-hydrogen) atoms. The molecule has 1 aromatic carbocycles. The van der Waals surface area contributed by atoms with Crippen LogP contribution in [-0.4, -0.2) is 23.9 Å². The first-order valence-corrected chi connectivity index (χ1v) is 6.05. The fourth-order valence-corrected chi connectivity index (χ4v) is 2.18. The van der Waals surface area contributed by atoms with Crippen molar-refractivity contribution in [2.75, 3.05) is 13.1 Å². The highest BCUT2D eigenvalue weighted by Gasteiger charge is 2.22. The lowest BCUT2D eigenvalue weighted by atomic mass is 10.1. The summed E-state index contributed by atoms with van der Waals surface area (Å²) in [7, 11) is 0. The summed E-state index contributed by atoms with van der Waals surface area (Å²) in [6, 6.07) is 7.49. The van der Waals surface area contributed by atoms with E-state index in [-0.39, 0.29) is 5.91 Å². The molecule has 86 valence electrons. The minimum Gasteiger partial charge on any atom is -0.342 e. The molecule has 2 nitrogen and oxygen atoms in total. The molecule has 1 aliphatic rings. The molecule has 3 heteroatoms. The molecule has 1 unspecified atom stereocenters. The van der Waals surface area contributed by atoms with Gasteiger partial charge < -0.3 is 4.90 Å². The zero-order valence-corrected chi connectivity index (χ0v) is 10.2. The SMILES string of the molecule is CC1CCN(C(=O)Cc2ccc(Cl)cc2)C1. The largest absolute Gasteiger partial charge is 0.342 e. The number of likely N-dealkylation sites (tertiary alicyclic amines) is 1. The van der Waals surface area contributed by atoms with Gasteiger partial charge in [-0.1, -0.05) is 30.7 Å². The summed E-state index contributed by atoms with van der Waals surface area (Å²) in [5.41, 5.74) is 1.04. The Balaban J connectivity index is 1.94. The van der Waals surface area contributed by atoms with Crippen LogP contribution >= 0.6 is 11.6 Å². The smallest absolute Gasteiger partial charge is 0.226 e. The molecular weight excluding hydrogens is 222 g/mol. The van der Waals surface area contributed by atoms with Gasteiger partial charge in [0.05, 0.1) is 6.42 Å². The standard InChI is InChI=1S/C13H16ClNO/c1-10-6-7-15(9-10)13(16)8-11-2-4-12(14)5-3-11/h2-5,10H,6-9H2,1H3. The molecule has 0 spiro atoms. The number of carbonyl (C=O) groups excluding carboxylic acids is 1. The van der Waals surface area contributed by atoms with Crippen LogP contribution in [0.1, 0.15) is 18.9 Å². The lowest BCUT2D eigenvalue weighted by Crippen LogP contribution is -2.29. The average molecular weight is 238 g/mol. The Kier molecular flexibility index (Phi) is 3.49. The van der Waals surface area contributed by atoms with Gasteiger partial charge in [-0.15, -0.1) is 0 Å². The van der Waals surface area contributed by atoms with Crippen molar-refractivity contribution in [3.05, 3.63) is 34.9 Å². The van der Waals surface area contributed by atoms with Crippen molar-refractivity contribution < 1.29 is 4.79 Å². The van der Waals surface area contributed by atoms with Crippen LogP contribution in [0.2, 0.25) is 5.02 Å². The van der Waals surface area contributed by atoms with Crippen molar-refractivity contribution in [3.8, 4) is 0 Å². The highest BCUT2D eigenvalue weighted by Crippen LogP contribution is 2.17. The minimum absolute atomic E-state index is 0.228. The second kappa shape index (κ2) is 4.88. The van der Waals surface area contributed by atoms with Gasteiger partial charge in [-0.3, -0.25) is 4.79 Å². The van der Waals surface area contributed by atoms with Crippen LogP contribution < -0.4 is 0 Å². The summed E-state index contributed by atoms with van der Waals surface area (Å²) in [5.74, 6) is 0.876. The molecule has 1 amide bonds. The molecule has 0 radical (unpaired) electrons. The van der Waals surface area contributed by atoms with Crippen LogP contribution in [0.4, 0.5) is 0 Å². The van der Waals surface area contributed by atoms with E-state index >= 15 is 0 Å². The number of nitrogens with zero attached hydrogens (tertiary/aromatic N) is 1. The van der Waals surface area contributed by atoms with Gasteiger partial charge in [-0.2, -0.15) is 0 Å². The second-order valence-corrected chi connectivity index (χ2v) is 4.97. The number of hydrogen-bond donors (Lipinski definition) is 0. The maximum absolute atomic E-state index is 11.9. The van der Waals surface area contributed by atoms with E-state index < -0.39 is 0 Å². The lowest BCUT2D eigenvalue weighted by molar-refractivity contribution is -0.129. The van der Waals surface area contributed by atoms with Crippen LogP contribution in [0.3, 0.4) is 0 Å². The molecule has 2 rings (SSSR count). The van der Waals surface area contributed by atoms with E-state index in [1.807, 2.05) is 29.2 Å². The van der Waals surface area contributed by atoms with Gasteiger partial charge in [0.25, 0.3) is 0 Å². The van der Waals surface area contributed by atoms with E-state index in [9.17, 15) is 4.79 Å². The zero-order valence-electron chi connectivity index (χ0n) is 9.45. The first-order valence-electron chi connectivity index (χ1n) is 5.67. The Labute approximate surface area is 101 Å². The van der Waals surface area contributed by atoms with Crippen molar-refractivity contribution in [1.29, 1.82) is 0 Å². The first kappa shape index (κ1) is 11.5. The third-order valence-electron chi connectivity index (χ3n) is 3.05. The number of hydrogen-bond acceptors (Lipinski definition) is 1. The Morgan fingerprint density at radius 2 is 2.12 bits per heavy atom. The summed E-state index contributed by atoms with van der Waals surface area (Å²) in [6.07, 6.45) is 1.62. The molecular formula is C13H16ClNO. The van der Waals surface area contributed by atoms with Crippen LogP contribution in [0.15, 0.2) is 24.3 Å². The zero-order chi connectivity index (χ0) is 11.5. The van der Waals surface area contributed by atoms with E-state index in [2.05, 4.69) is 6.92 Å². The van der Waals surface area contributed by atoms with E-state index in [0.29, 0.717) is 17.4 Å². The summed E-state index contributed by atoms with van der Waals surface area (Å²) >= 11 is 5.80. The lowest BCUT2D eigenvalue weighted by Gasteiger charge is -2.15. The Morgan fingerprint density at radius 1 is 1.44 bits per heavy atom. The van der Waals surface area contributed by atoms with Crippen LogP contribution in [0.5, 0.6) is 0 Å². The minimum atomic E-state index is 0.228. The summed E-state index contributed by atoms with van der Waals surface area (Å²) in [6.45, 7) is 4.01. The maximum atomic E-state index is 11.9. The van der Waals surface area contributed by atoms with Crippen molar-refractivity contribution in [2.24, 2.45) is 5.92 Å². The molecule has 1 heterocycles. The fourth-order valence-electron chi connectivity index (χ4n) is 2.05. The molecule has 1 aromatic rings.